The Hall–Kier alpha value is -3.03. The van der Waals surface area contributed by atoms with E-state index in [-0.39, 0.29) is 23.1 Å². The van der Waals surface area contributed by atoms with E-state index in [9.17, 15) is 14.4 Å². The van der Waals surface area contributed by atoms with Gasteiger partial charge in [-0.05, 0) is 50.7 Å². The second kappa shape index (κ2) is 8.38. The summed E-state index contributed by atoms with van der Waals surface area (Å²) in [5, 5.41) is 9.54. The number of carbonyl (C=O) groups is 1. The number of likely N-dealkylation sites (tertiary alicyclic amines) is 1. The molecule has 0 atom stereocenters. The summed E-state index contributed by atoms with van der Waals surface area (Å²) >= 11 is 0. The number of rotatable bonds is 5. The van der Waals surface area contributed by atoms with Gasteiger partial charge in [-0.25, -0.2) is 4.79 Å². The van der Waals surface area contributed by atoms with E-state index in [0.29, 0.717) is 23.0 Å². The molecule has 1 N–H and O–H groups in total. The number of nitrogens with zero attached hydrogens (tertiary/aromatic N) is 3. The number of carbonyl (C=O) groups excluding carboxylic acids is 1. The molecule has 3 aromatic rings. The SMILES string of the molecule is CN1CCC(n2c(=O)c3ccccc3n(Cc3ccc(C(=O)CO)cc3)c2=O)CC1. The van der Waals surface area contributed by atoms with Gasteiger partial charge in [0.2, 0.25) is 0 Å². The molecule has 1 aliphatic rings. The van der Waals surface area contributed by atoms with Crippen molar-refractivity contribution in [1.82, 2.24) is 14.0 Å². The zero-order valence-electron chi connectivity index (χ0n) is 17.0. The highest BCUT2D eigenvalue weighted by atomic mass is 16.3. The topological polar surface area (TPSA) is 84.5 Å². The smallest absolute Gasteiger partial charge is 0.332 e. The molecule has 156 valence electrons. The Morgan fingerprint density at radius 1 is 1.03 bits per heavy atom. The van der Waals surface area contributed by atoms with Crippen LogP contribution >= 0.6 is 0 Å². The van der Waals surface area contributed by atoms with Gasteiger partial charge in [0, 0.05) is 11.6 Å². The highest BCUT2D eigenvalue weighted by Gasteiger charge is 2.24. The van der Waals surface area contributed by atoms with Crippen LogP contribution in [0.5, 0.6) is 0 Å². The lowest BCUT2D eigenvalue weighted by Gasteiger charge is -2.30. The van der Waals surface area contributed by atoms with Crippen molar-refractivity contribution < 1.29 is 9.90 Å². The van der Waals surface area contributed by atoms with Crippen LogP contribution in [0.25, 0.3) is 10.9 Å². The molecule has 0 unspecified atom stereocenters. The molecule has 7 heteroatoms. The van der Waals surface area contributed by atoms with Gasteiger partial charge in [0.25, 0.3) is 5.56 Å². The Morgan fingerprint density at radius 3 is 2.37 bits per heavy atom. The molecule has 0 aliphatic carbocycles. The molecule has 7 nitrogen and oxygen atoms in total. The maximum absolute atomic E-state index is 13.4. The van der Waals surface area contributed by atoms with Crippen LogP contribution in [0.4, 0.5) is 0 Å². The molecule has 1 saturated heterocycles. The lowest BCUT2D eigenvalue weighted by Crippen LogP contribution is -2.45. The number of benzene rings is 2. The van der Waals surface area contributed by atoms with Crippen molar-refractivity contribution in [1.29, 1.82) is 0 Å². The van der Waals surface area contributed by atoms with E-state index >= 15 is 0 Å². The van der Waals surface area contributed by atoms with E-state index in [0.717, 1.165) is 31.5 Å². The Balaban J connectivity index is 1.80. The number of ketones is 1. The fourth-order valence-corrected chi connectivity index (χ4v) is 4.14. The molecule has 4 rings (SSSR count). The number of aromatic nitrogens is 2. The summed E-state index contributed by atoms with van der Waals surface area (Å²) in [5.41, 5.74) is 1.33. The van der Waals surface area contributed by atoms with Gasteiger partial charge >= 0.3 is 5.69 Å². The second-order valence-corrected chi connectivity index (χ2v) is 7.87. The molecule has 0 bridgehead atoms. The number of Topliss-reactive ketones (excluding diaryl/α,β-unsaturated/α-hetero) is 1. The van der Waals surface area contributed by atoms with Gasteiger partial charge in [-0.15, -0.1) is 0 Å². The minimum Gasteiger partial charge on any atom is -0.388 e. The van der Waals surface area contributed by atoms with Crippen LogP contribution in [-0.2, 0) is 6.54 Å². The van der Waals surface area contributed by atoms with Gasteiger partial charge in [0.05, 0.1) is 17.4 Å². The monoisotopic (exact) mass is 407 g/mol. The molecular formula is C23H25N3O4. The van der Waals surface area contributed by atoms with E-state index in [1.807, 2.05) is 19.2 Å². The predicted octanol–water partition coefficient (Wildman–Crippen LogP) is 1.65. The van der Waals surface area contributed by atoms with Gasteiger partial charge in [0.15, 0.2) is 5.78 Å². The van der Waals surface area contributed by atoms with Gasteiger partial charge in [0.1, 0.15) is 6.61 Å². The van der Waals surface area contributed by atoms with Gasteiger partial charge in [-0.3, -0.25) is 18.7 Å². The van der Waals surface area contributed by atoms with Crippen molar-refractivity contribution in [3.05, 3.63) is 80.5 Å². The Kier molecular flexibility index (Phi) is 5.65. The van der Waals surface area contributed by atoms with Gasteiger partial charge in [-0.1, -0.05) is 36.4 Å². The van der Waals surface area contributed by atoms with Crippen molar-refractivity contribution in [3.63, 3.8) is 0 Å². The molecule has 0 saturated carbocycles. The molecule has 1 fully saturated rings. The second-order valence-electron chi connectivity index (χ2n) is 7.87. The van der Waals surface area contributed by atoms with E-state index in [1.165, 1.54) is 4.57 Å². The number of aliphatic hydroxyl groups is 1. The van der Waals surface area contributed by atoms with E-state index in [2.05, 4.69) is 4.90 Å². The van der Waals surface area contributed by atoms with Crippen LogP contribution in [0.3, 0.4) is 0 Å². The first-order valence-corrected chi connectivity index (χ1v) is 10.1. The Morgan fingerprint density at radius 2 is 1.70 bits per heavy atom. The normalized spacial score (nSPS) is 15.5. The molecule has 0 amide bonds. The number of para-hydroxylation sites is 1. The Labute approximate surface area is 173 Å². The van der Waals surface area contributed by atoms with Crippen LogP contribution in [0.1, 0.15) is 34.8 Å². The summed E-state index contributed by atoms with van der Waals surface area (Å²) in [6, 6.07) is 13.9. The summed E-state index contributed by atoms with van der Waals surface area (Å²) < 4.78 is 3.07. The molecule has 0 spiro atoms. The molecule has 2 aromatic carbocycles. The van der Waals surface area contributed by atoms with Crippen molar-refractivity contribution in [2.24, 2.45) is 0 Å². The summed E-state index contributed by atoms with van der Waals surface area (Å²) in [7, 11) is 2.04. The number of piperidine rings is 1. The third-order valence-electron chi connectivity index (χ3n) is 5.89. The fraction of sp³-hybridized carbons (Fsp3) is 0.348. The Bertz CT molecular complexity index is 1190. The molecule has 2 heterocycles. The van der Waals surface area contributed by atoms with Crippen LogP contribution in [-0.4, -0.2) is 51.7 Å². The average molecular weight is 407 g/mol. The number of fused-ring (bicyclic) bond motifs is 1. The third-order valence-corrected chi connectivity index (χ3v) is 5.89. The molecular weight excluding hydrogens is 382 g/mol. The highest BCUT2D eigenvalue weighted by Crippen LogP contribution is 2.20. The van der Waals surface area contributed by atoms with Crippen LogP contribution in [0, 0.1) is 0 Å². The van der Waals surface area contributed by atoms with Gasteiger partial charge < -0.3 is 10.0 Å². The summed E-state index contributed by atoms with van der Waals surface area (Å²) in [6.07, 6.45) is 1.53. The zero-order valence-corrected chi connectivity index (χ0v) is 17.0. The van der Waals surface area contributed by atoms with Crippen LogP contribution < -0.4 is 11.2 Å². The van der Waals surface area contributed by atoms with Crippen LogP contribution in [0.2, 0.25) is 0 Å². The van der Waals surface area contributed by atoms with Crippen molar-refractivity contribution in [2.75, 3.05) is 26.7 Å². The molecule has 0 radical (unpaired) electrons. The number of hydrogen-bond donors (Lipinski definition) is 1. The molecule has 30 heavy (non-hydrogen) atoms. The maximum Gasteiger partial charge on any atom is 0.332 e. The van der Waals surface area contributed by atoms with Crippen molar-refractivity contribution in [2.45, 2.75) is 25.4 Å². The first-order valence-electron chi connectivity index (χ1n) is 10.1. The third kappa shape index (κ3) is 3.74. The first-order chi connectivity index (χ1) is 14.5. The summed E-state index contributed by atoms with van der Waals surface area (Å²) in [4.78, 5) is 40.4. The minimum atomic E-state index is -0.537. The highest BCUT2D eigenvalue weighted by molar-refractivity contribution is 5.96. The number of aliphatic hydroxyl groups excluding tert-OH is 1. The summed E-state index contributed by atoms with van der Waals surface area (Å²) in [6.45, 7) is 1.46. The number of hydrogen-bond acceptors (Lipinski definition) is 5. The zero-order chi connectivity index (χ0) is 21.3. The maximum atomic E-state index is 13.4. The molecule has 1 aliphatic heterocycles. The van der Waals surface area contributed by atoms with Crippen molar-refractivity contribution >= 4 is 16.7 Å². The average Bonchev–Trinajstić information content (AvgIpc) is 2.78. The van der Waals surface area contributed by atoms with Crippen LogP contribution in [0.15, 0.2) is 58.1 Å². The van der Waals surface area contributed by atoms with E-state index < -0.39 is 6.61 Å². The van der Waals surface area contributed by atoms with E-state index in [4.69, 9.17) is 5.11 Å². The lowest BCUT2D eigenvalue weighted by atomic mass is 10.0. The lowest BCUT2D eigenvalue weighted by molar-refractivity contribution is 0.0903. The summed E-state index contributed by atoms with van der Waals surface area (Å²) in [5.74, 6) is -0.347. The minimum absolute atomic E-state index is 0.110. The molecule has 1 aromatic heterocycles. The van der Waals surface area contributed by atoms with Gasteiger partial charge in [-0.2, -0.15) is 0 Å². The predicted molar refractivity (Wildman–Crippen MR) is 115 cm³/mol. The largest absolute Gasteiger partial charge is 0.388 e. The van der Waals surface area contributed by atoms with Crippen molar-refractivity contribution in [3.8, 4) is 0 Å². The van der Waals surface area contributed by atoms with E-state index in [1.54, 1.807) is 41.0 Å². The fourth-order valence-electron chi connectivity index (χ4n) is 4.14. The quantitative estimate of drug-likeness (QED) is 0.650. The standard InChI is InChI=1S/C23H25N3O4/c1-24-12-10-18(11-13-24)26-22(29)19-4-2-3-5-20(19)25(23(26)30)14-16-6-8-17(9-7-16)21(28)15-27/h2-9,18,27H,10-15H2,1H3. The first kappa shape index (κ1) is 20.3.